The summed E-state index contributed by atoms with van der Waals surface area (Å²) >= 11 is 0. The van der Waals surface area contributed by atoms with E-state index in [1.54, 1.807) is 0 Å². The Kier molecular flexibility index (Phi) is 3.57. The molecule has 0 unspecified atom stereocenters. The number of carbonyl (C=O) groups is 1. The van der Waals surface area contributed by atoms with Crippen molar-refractivity contribution in [2.24, 2.45) is 0 Å². The van der Waals surface area contributed by atoms with Gasteiger partial charge in [0.15, 0.2) is 6.29 Å². The van der Waals surface area contributed by atoms with Crippen LogP contribution in [0.15, 0.2) is 42.5 Å². The van der Waals surface area contributed by atoms with E-state index < -0.39 is 0 Å². The first-order valence-electron chi connectivity index (χ1n) is 6.59. The van der Waals surface area contributed by atoms with E-state index in [0.717, 1.165) is 23.0 Å². The van der Waals surface area contributed by atoms with Crippen LogP contribution in [0.1, 0.15) is 42.3 Å². The van der Waals surface area contributed by atoms with Gasteiger partial charge in [0.1, 0.15) is 0 Å². The van der Waals surface area contributed by atoms with Gasteiger partial charge in [-0.2, -0.15) is 0 Å². The van der Waals surface area contributed by atoms with Gasteiger partial charge in [-0.15, -0.1) is 0 Å². The van der Waals surface area contributed by atoms with Gasteiger partial charge in [-0.05, 0) is 34.6 Å². The second-order valence-corrected chi connectivity index (χ2v) is 5.98. The second-order valence-electron chi connectivity index (χ2n) is 5.98. The number of hydrogen-bond acceptors (Lipinski definition) is 1. The number of aryl methyl sites for hydroxylation is 1. The maximum Gasteiger partial charge on any atom is 0.150 e. The highest BCUT2D eigenvalue weighted by Gasteiger charge is 2.15. The molecule has 1 heteroatoms. The lowest BCUT2D eigenvalue weighted by Crippen LogP contribution is -2.11. The van der Waals surface area contributed by atoms with Crippen LogP contribution in [-0.2, 0) is 5.41 Å². The molecule has 0 aromatic heterocycles. The highest BCUT2D eigenvalue weighted by molar-refractivity contribution is 5.88. The molecule has 0 saturated heterocycles. The normalized spacial score (nSPS) is 11.4. The molecule has 0 amide bonds. The van der Waals surface area contributed by atoms with Gasteiger partial charge in [-0.25, -0.2) is 0 Å². The molecule has 0 saturated carbocycles. The Balaban J connectivity index is 2.56. The summed E-state index contributed by atoms with van der Waals surface area (Å²) in [6.45, 7) is 8.73. The molecule has 0 aliphatic rings. The minimum absolute atomic E-state index is 0.146. The van der Waals surface area contributed by atoms with Crippen molar-refractivity contribution in [3.05, 3.63) is 59.2 Å². The molecule has 0 aliphatic carbocycles. The Bertz CT molecular complexity index is 603. The number of hydrogen-bond donors (Lipinski definition) is 0. The summed E-state index contributed by atoms with van der Waals surface area (Å²) in [7, 11) is 0. The van der Waals surface area contributed by atoms with Gasteiger partial charge in [0, 0.05) is 5.56 Å². The zero-order chi connectivity index (χ0) is 14.0. The van der Waals surface area contributed by atoms with Gasteiger partial charge >= 0.3 is 0 Å². The maximum absolute atomic E-state index is 11.1. The lowest BCUT2D eigenvalue weighted by molar-refractivity contribution is 0.112. The van der Waals surface area contributed by atoms with Crippen LogP contribution in [0.25, 0.3) is 11.1 Å². The summed E-state index contributed by atoms with van der Waals surface area (Å²) in [5, 5.41) is 0. The summed E-state index contributed by atoms with van der Waals surface area (Å²) in [5.74, 6) is 0. The Hall–Kier alpha value is -1.89. The molecule has 0 heterocycles. The van der Waals surface area contributed by atoms with E-state index in [1.807, 2.05) is 24.3 Å². The SMILES string of the molecule is Cc1cc(C(C)(C)C)ccc1-c1ccccc1C=O. The van der Waals surface area contributed by atoms with Crippen LogP contribution < -0.4 is 0 Å². The van der Waals surface area contributed by atoms with Crippen LogP contribution >= 0.6 is 0 Å². The predicted octanol–water partition coefficient (Wildman–Crippen LogP) is 4.77. The molecule has 0 bridgehead atoms. The molecule has 0 spiro atoms. The van der Waals surface area contributed by atoms with Crippen molar-refractivity contribution < 1.29 is 4.79 Å². The zero-order valence-electron chi connectivity index (χ0n) is 12.0. The predicted molar refractivity (Wildman–Crippen MR) is 80.7 cm³/mol. The fourth-order valence-electron chi connectivity index (χ4n) is 2.28. The highest BCUT2D eigenvalue weighted by atomic mass is 16.1. The van der Waals surface area contributed by atoms with Crippen molar-refractivity contribution in [3.8, 4) is 11.1 Å². The second kappa shape index (κ2) is 5.00. The number of aldehydes is 1. The fraction of sp³-hybridized carbons (Fsp3) is 0.278. The third-order valence-corrected chi connectivity index (χ3v) is 3.47. The summed E-state index contributed by atoms with van der Waals surface area (Å²) < 4.78 is 0. The van der Waals surface area contributed by atoms with Gasteiger partial charge in [0.2, 0.25) is 0 Å². The van der Waals surface area contributed by atoms with Crippen LogP contribution in [0, 0.1) is 6.92 Å². The van der Waals surface area contributed by atoms with Crippen LogP contribution in [-0.4, -0.2) is 6.29 Å². The molecule has 0 radical (unpaired) electrons. The lowest BCUT2D eigenvalue weighted by atomic mass is 9.84. The van der Waals surface area contributed by atoms with Gasteiger partial charge in [0.25, 0.3) is 0 Å². The van der Waals surface area contributed by atoms with Crippen molar-refractivity contribution >= 4 is 6.29 Å². The van der Waals surface area contributed by atoms with E-state index in [-0.39, 0.29) is 5.41 Å². The minimum atomic E-state index is 0.146. The summed E-state index contributed by atoms with van der Waals surface area (Å²) in [5.41, 5.74) is 5.56. The molecule has 1 nitrogen and oxygen atoms in total. The molecule has 0 N–H and O–H groups in total. The van der Waals surface area contributed by atoms with Crippen molar-refractivity contribution in [1.29, 1.82) is 0 Å². The lowest BCUT2D eigenvalue weighted by Gasteiger charge is -2.21. The molecule has 19 heavy (non-hydrogen) atoms. The topological polar surface area (TPSA) is 17.1 Å². The van der Waals surface area contributed by atoms with E-state index >= 15 is 0 Å². The van der Waals surface area contributed by atoms with E-state index in [1.165, 1.54) is 11.1 Å². The van der Waals surface area contributed by atoms with Crippen LogP contribution in [0.5, 0.6) is 0 Å². The van der Waals surface area contributed by atoms with Crippen molar-refractivity contribution in [3.63, 3.8) is 0 Å². The van der Waals surface area contributed by atoms with Gasteiger partial charge in [-0.3, -0.25) is 4.79 Å². The first-order chi connectivity index (χ1) is 8.93. The van der Waals surface area contributed by atoms with Gasteiger partial charge in [0.05, 0.1) is 0 Å². The van der Waals surface area contributed by atoms with Crippen LogP contribution in [0.2, 0.25) is 0 Å². The van der Waals surface area contributed by atoms with Gasteiger partial charge < -0.3 is 0 Å². The highest BCUT2D eigenvalue weighted by Crippen LogP contribution is 2.30. The van der Waals surface area contributed by atoms with Crippen molar-refractivity contribution in [1.82, 2.24) is 0 Å². The molecule has 98 valence electrons. The Morgan fingerprint density at radius 2 is 1.63 bits per heavy atom. The van der Waals surface area contributed by atoms with Crippen molar-refractivity contribution in [2.45, 2.75) is 33.1 Å². The fourth-order valence-corrected chi connectivity index (χ4v) is 2.28. The quantitative estimate of drug-likeness (QED) is 0.703. The Morgan fingerprint density at radius 3 is 2.21 bits per heavy atom. The molecule has 0 fully saturated rings. The molecular formula is C18H20O. The van der Waals surface area contributed by atoms with E-state index in [0.29, 0.717) is 0 Å². The number of benzene rings is 2. The van der Waals surface area contributed by atoms with Crippen LogP contribution in [0.4, 0.5) is 0 Å². The molecule has 0 atom stereocenters. The maximum atomic E-state index is 11.1. The zero-order valence-corrected chi connectivity index (χ0v) is 12.0. The molecule has 2 rings (SSSR count). The molecule has 0 aliphatic heterocycles. The average Bonchev–Trinajstić information content (AvgIpc) is 2.37. The third-order valence-electron chi connectivity index (χ3n) is 3.47. The Labute approximate surface area is 115 Å². The monoisotopic (exact) mass is 252 g/mol. The van der Waals surface area contributed by atoms with E-state index in [4.69, 9.17) is 0 Å². The summed E-state index contributed by atoms with van der Waals surface area (Å²) in [6.07, 6.45) is 0.923. The summed E-state index contributed by atoms with van der Waals surface area (Å²) in [4.78, 5) is 11.1. The summed E-state index contributed by atoms with van der Waals surface area (Å²) in [6, 6.07) is 14.2. The Morgan fingerprint density at radius 1 is 0.947 bits per heavy atom. The van der Waals surface area contributed by atoms with E-state index in [9.17, 15) is 4.79 Å². The first kappa shape index (κ1) is 13.5. The molecule has 2 aromatic rings. The first-order valence-corrected chi connectivity index (χ1v) is 6.59. The third kappa shape index (κ3) is 2.76. The largest absolute Gasteiger partial charge is 0.298 e. The smallest absolute Gasteiger partial charge is 0.150 e. The average molecular weight is 252 g/mol. The van der Waals surface area contributed by atoms with Crippen molar-refractivity contribution in [2.75, 3.05) is 0 Å². The molecular weight excluding hydrogens is 232 g/mol. The number of carbonyl (C=O) groups excluding carboxylic acids is 1. The van der Waals surface area contributed by atoms with Crippen LogP contribution in [0.3, 0.4) is 0 Å². The number of rotatable bonds is 2. The minimum Gasteiger partial charge on any atom is -0.298 e. The standard InChI is InChI=1S/C18H20O/c1-13-11-15(18(2,3)4)9-10-16(13)17-8-6-5-7-14(17)12-19/h5-12H,1-4H3. The molecule has 2 aromatic carbocycles. The van der Waals surface area contributed by atoms with E-state index in [2.05, 4.69) is 45.9 Å². The van der Waals surface area contributed by atoms with Gasteiger partial charge in [-0.1, -0.05) is 63.2 Å².